The van der Waals surface area contributed by atoms with Crippen molar-refractivity contribution in [3.8, 4) is 17.2 Å². The van der Waals surface area contributed by atoms with Gasteiger partial charge in [-0.2, -0.15) is 0 Å². The molecule has 2 aromatic rings. The van der Waals surface area contributed by atoms with Crippen molar-refractivity contribution in [3.63, 3.8) is 0 Å². The summed E-state index contributed by atoms with van der Waals surface area (Å²) in [4.78, 5) is 4.27. The molecule has 1 heterocycles. The van der Waals surface area contributed by atoms with E-state index in [1.165, 1.54) is 0 Å². The summed E-state index contributed by atoms with van der Waals surface area (Å²) in [5, 5.41) is 0. The Labute approximate surface area is 123 Å². The van der Waals surface area contributed by atoms with E-state index in [1.54, 1.807) is 26.5 Å². The number of methoxy groups -OCH3 is 2. The third-order valence-electron chi connectivity index (χ3n) is 2.85. The number of nitrogens with zero attached hydrogens (tertiary/aromatic N) is 1. The molecule has 0 aliphatic rings. The van der Waals surface area contributed by atoms with Crippen molar-refractivity contribution in [2.24, 2.45) is 0 Å². The van der Waals surface area contributed by atoms with E-state index in [-0.39, 0.29) is 6.61 Å². The molecule has 5 heteroatoms. The van der Waals surface area contributed by atoms with Gasteiger partial charge in [-0.1, -0.05) is 18.2 Å². The van der Waals surface area contributed by atoms with Crippen LogP contribution in [0.25, 0.3) is 0 Å². The lowest BCUT2D eigenvalue weighted by Gasteiger charge is -2.13. The molecular weight excluding hydrogens is 278 g/mol. The van der Waals surface area contributed by atoms with Gasteiger partial charge in [-0.05, 0) is 6.07 Å². The summed E-state index contributed by atoms with van der Waals surface area (Å²) in [5.74, 6) is 2.36. The van der Waals surface area contributed by atoms with Crippen LogP contribution in [0.5, 0.6) is 17.2 Å². The van der Waals surface area contributed by atoms with Gasteiger partial charge in [-0.25, -0.2) is 0 Å². The highest BCUT2D eigenvalue weighted by Gasteiger charge is 2.12. The quantitative estimate of drug-likeness (QED) is 0.765. The molecule has 1 aromatic carbocycles. The Morgan fingerprint density at radius 3 is 2.55 bits per heavy atom. The van der Waals surface area contributed by atoms with Crippen molar-refractivity contribution >= 4 is 11.6 Å². The molecule has 0 spiro atoms. The van der Waals surface area contributed by atoms with Gasteiger partial charge in [0.15, 0.2) is 11.5 Å². The van der Waals surface area contributed by atoms with Crippen LogP contribution in [-0.4, -0.2) is 19.2 Å². The maximum absolute atomic E-state index is 5.88. The molecule has 0 aliphatic carbocycles. The predicted octanol–water partition coefficient (Wildman–Crippen LogP) is 3.42. The lowest BCUT2D eigenvalue weighted by Crippen LogP contribution is -2.04. The van der Waals surface area contributed by atoms with Crippen LogP contribution in [0.15, 0.2) is 36.5 Å². The SMILES string of the molecule is COc1ccnc(COc2ccccc2CCl)c1OC. The maximum Gasteiger partial charge on any atom is 0.185 e. The van der Waals surface area contributed by atoms with Gasteiger partial charge in [-0.15, -0.1) is 11.6 Å². The number of hydrogen-bond acceptors (Lipinski definition) is 4. The Hall–Kier alpha value is -1.94. The van der Waals surface area contributed by atoms with Crippen molar-refractivity contribution in [1.82, 2.24) is 4.98 Å². The monoisotopic (exact) mass is 293 g/mol. The van der Waals surface area contributed by atoms with Crippen molar-refractivity contribution < 1.29 is 14.2 Å². The number of ether oxygens (including phenoxy) is 3. The summed E-state index contributed by atoms with van der Waals surface area (Å²) in [6.45, 7) is 0.286. The van der Waals surface area contributed by atoms with Crippen molar-refractivity contribution in [2.45, 2.75) is 12.5 Å². The van der Waals surface area contributed by atoms with Gasteiger partial charge in [-0.3, -0.25) is 4.98 Å². The van der Waals surface area contributed by atoms with Gasteiger partial charge >= 0.3 is 0 Å². The Kier molecular flexibility index (Phi) is 5.07. The highest BCUT2D eigenvalue weighted by atomic mass is 35.5. The van der Waals surface area contributed by atoms with Crippen molar-refractivity contribution in [1.29, 1.82) is 0 Å². The van der Waals surface area contributed by atoms with Crippen LogP contribution in [0.4, 0.5) is 0 Å². The summed E-state index contributed by atoms with van der Waals surface area (Å²) in [6, 6.07) is 9.38. The average molecular weight is 294 g/mol. The van der Waals surface area contributed by atoms with E-state index >= 15 is 0 Å². The Morgan fingerprint density at radius 2 is 1.85 bits per heavy atom. The first-order valence-corrected chi connectivity index (χ1v) is 6.66. The molecule has 0 atom stereocenters. The number of benzene rings is 1. The number of para-hydroxylation sites is 1. The summed E-state index contributed by atoms with van der Waals surface area (Å²) in [6.07, 6.45) is 1.66. The topological polar surface area (TPSA) is 40.6 Å². The van der Waals surface area contributed by atoms with E-state index in [0.29, 0.717) is 23.1 Å². The van der Waals surface area contributed by atoms with Gasteiger partial charge in [0.25, 0.3) is 0 Å². The van der Waals surface area contributed by atoms with Crippen molar-refractivity contribution in [2.75, 3.05) is 14.2 Å². The second-order valence-corrected chi connectivity index (χ2v) is 4.29. The minimum atomic E-state index is 0.286. The molecule has 0 unspecified atom stereocenters. The van der Waals surface area contributed by atoms with E-state index in [1.807, 2.05) is 24.3 Å². The molecule has 2 rings (SSSR count). The number of aromatic nitrogens is 1. The molecule has 106 valence electrons. The van der Waals surface area contributed by atoms with E-state index in [0.717, 1.165) is 11.3 Å². The molecule has 0 bridgehead atoms. The van der Waals surface area contributed by atoms with Crippen LogP contribution < -0.4 is 14.2 Å². The largest absolute Gasteiger partial charge is 0.493 e. The van der Waals surface area contributed by atoms with Crippen LogP contribution in [0.1, 0.15) is 11.3 Å². The Bertz CT molecular complexity index is 575. The zero-order chi connectivity index (χ0) is 14.4. The second kappa shape index (κ2) is 7.01. The molecule has 4 nitrogen and oxygen atoms in total. The maximum atomic E-state index is 5.88. The number of rotatable bonds is 6. The molecule has 1 aromatic heterocycles. The zero-order valence-electron chi connectivity index (χ0n) is 11.4. The van der Waals surface area contributed by atoms with Crippen LogP contribution >= 0.6 is 11.6 Å². The first kappa shape index (κ1) is 14.5. The summed E-state index contributed by atoms with van der Waals surface area (Å²) >= 11 is 5.88. The standard InChI is InChI=1S/C15H16ClNO3/c1-18-14-7-8-17-12(15(14)19-2)10-20-13-6-4-3-5-11(13)9-16/h3-8H,9-10H2,1-2H3. The van der Waals surface area contributed by atoms with E-state index < -0.39 is 0 Å². The van der Waals surface area contributed by atoms with Gasteiger partial charge in [0, 0.05) is 17.8 Å². The fraction of sp³-hybridized carbons (Fsp3) is 0.267. The number of hydrogen-bond donors (Lipinski definition) is 0. The van der Waals surface area contributed by atoms with Crippen LogP contribution in [0, 0.1) is 0 Å². The van der Waals surface area contributed by atoms with E-state index in [9.17, 15) is 0 Å². The lowest BCUT2D eigenvalue weighted by atomic mass is 10.2. The minimum Gasteiger partial charge on any atom is -0.493 e. The lowest BCUT2D eigenvalue weighted by molar-refractivity contribution is 0.283. The number of pyridine rings is 1. The summed E-state index contributed by atoms with van der Waals surface area (Å²) in [7, 11) is 3.17. The molecule has 0 fully saturated rings. The van der Waals surface area contributed by atoms with Gasteiger partial charge in [0.2, 0.25) is 0 Å². The summed E-state index contributed by atoms with van der Waals surface area (Å²) in [5.41, 5.74) is 1.62. The first-order chi connectivity index (χ1) is 9.80. The third-order valence-corrected chi connectivity index (χ3v) is 3.14. The molecule has 0 saturated heterocycles. The van der Waals surface area contributed by atoms with Crippen molar-refractivity contribution in [3.05, 3.63) is 47.8 Å². The number of halogens is 1. The number of alkyl halides is 1. The smallest absolute Gasteiger partial charge is 0.185 e. The van der Waals surface area contributed by atoms with E-state index in [4.69, 9.17) is 25.8 Å². The van der Waals surface area contributed by atoms with Gasteiger partial charge < -0.3 is 14.2 Å². The predicted molar refractivity (Wildman–Crippen MR) is 77.7 cm³/mol. The van der Waals surface area contributed by atoms with Gasteiger partial charge in [0.1, 0.15) is 18.1 Å². The molecule has 0 N–H and O–H groups in total. The second-order valence-electron chi connectivity index (χ2n) is 4.02. The average Bonchev–Trinajstić information content (AvgIpc) is 2.52. The zero-order valence-corrected chi connectivity index (χ0v) is 12.2. The minimum absolute atomic E-state index is 0.286. The fourth-order valence-corrected chi connectivity index (χ4v) is 2.08. The molecule has 0 radical (unpaired) electrons. The molecule has 0 amide bonds. The molecule has 0 aliphatic heterocycles. The van der Waals surface area contributed by atoms with Crippen LogP contribution in [-0.2, 0) is 12.5 Å². The highest BCUT2D eigenvalue weighted by molar-refractivity contribution is 6.17. The van der Waals surface area contributed by atoms with Gasteiger partial charge in [0.05, 0.1) is 20.1 Å². The summed E-state index contributed by atoms with van der Waals surface area (Å²) < 4.78 is 16.3. The van der Waals surface area contributed by atoms with E-state index in [2.05, 4.69) is 4.98 Å². The normalized spacial score (nSPS) is 10.2. The Balaban J connectivity index is 2.19. The fourth-order valence-electron chi connectivity index (χ4n) is 1.85. The van der Waals surface area contributed by atoms with Crippen LogP contribution in [0.3, 0.4) is 0 Å². The highest BCUT2D eigenvalue weighted by Crippen LogP contribution is 2.30. The van der Waals surface area contributed by atoms with Crippen LogP contribution in [0.2, 0.25) is 0 Å². The molecular formula is C15H16ClNO3. The first-order valence-electron chi connectivity index (χ1n) is 6.12. The third kappa shape index (κ3) is 3.14. The molecule has 0 saturated carbocycles. The Morgan fingerprint density at radius 1 is 1.05 bits per heavy atom. The molecule has 20 heavy (non-hydrogen) atoms.